The predicted molar refractivity (Wildman–Crippen MR) is 72.0 cm³/mol. The summed E-state index contributed by atoms with van der Waals surface area (Å²) in [4.78, 5) is 6.74. The average Bonchev–Trinajstić information content (AvgIpc) is 2.27. The topological polar surface area (TPSA) is 36.4 Å². The van der Waals surface area contributed by atoms with E-state index in [1.54, 1.807) is 6.20 Å². The van der Waals surface area contributed by atoms with Crippen molar-refractivity contribution in [2.24, 2.45) is 11.8 Å². The van der Waals surface area contributed by atoms with Gasteiger partial charge in [0.1, 0.15) is 5.82 Å². The second-order valence-electron chi connectivity index (χ2n) is 5.38. The zero-order valence-corrected chi connectivity index (χ0v) is 11.3. The lowest BCUT2D eigenvalue weighted by atomic mass is 10.1. The summed E-state index contributed by atoms with van der Waals surface area (Å²) in [6.07, 6.45) is 1.75. The summed E-state index contributed by atoms with van der Waals surface area (Å²) in [6, 6.07) is 3.94. The van der Waals surface area contributed by atoms with Gasteiger partial charge in [0.25, 0.3) is 0 Å². The molecule has 0 amide bonds. The molecule has 1 aromatic heterocycles. The maximum absolute atomic E-state index is 9.00. The van der Waals surface area contributed by atoms with Crippen LogP contribution in [0.1, 0.15) is 33.3 Å². The van der Waals surface area contributed by atoms with Crippen LogP contribution in [-0.4, -0.2) is 23.2 Å². The minimum atomic E-state index is 0.0572. The first-order valence-electron chi connectivity index (χ1n) is 6.33. The Hall–Kier alpha value is -1.09. The van der Waals surface area contributed by atoms with Crippen LogP contribution in [0.3, 0.4) is 0 Å². The van der Waals surface area contributed by atoms with E-state index in [1.807, 2.05) is 12.1 Å². The van der Waals surface area contributed by atoms with E-state index < -0.39 is 0 Å². The summed E-state index contributed by atoms with van der Waals surface area (Å²) >= 11 is 0. The van der Waals surface area contributed by atoms with Crippen LogP contribution in [-0.2, 0) is 6.61 Å². The lowest BCUT2D eigenvalue weighted by molar-refractivity contribution is 0.281. The molecule has 0 bridgehead atoms. The Morgan fingerprint density at radius 3 is 2.06 bits per heavy atom. The van der Waals surface area contributed by atoms with Crippen LogP contribution in [0.4, 0.5) is 5.82 Å². The Morgan fingerprint density at radius 1 is 1.12 bits per heavy atom. The van der Waals surface area contributed by atoms with E-state index in [0.717, 1.165) is 24.5 Å². The van der Waals surface area contributed by atoms with Gasteiger partial charge in [0.15, 0.2) is 0 Å². The molecule has 0 saturated heterocycles. The molecule has 1 rings (SSSR count). The van der Waals surface area contributed by atoms with Crippen molar-refractivity contribution in [2.75, 3.05) is 18.0 Å². The molecule has 1 N–H and O–H groups in total. The van der Waals surface area contributed by atoms with Crippen molar-refractivity contribution < 1.29 is 5.11 Å². The van der Waals surface area contributed by atoms with Crippen molar-refractivity contribution in [2.45, 2.75) is 34.3 Å². The first-order chi connectivity index (χ1) is 8.02. The number of aliphatic hydroxyl groups is 1. The molecular weight excluding hydrogens is 212 g/mol. The molecule has 3 nitrogen and oxygen atoms in total. The van der Waals surface area contributed by atoms with E-state index in [-0.39, 0.29) is 6.61 Å². The molecule has 1 heterocycles. The molecule has 0 atom stereocenters. The fourth-order valence-electron chi connectivity index (χ4n) is 1.84. The van der Waals surface area contributed by atoms with E-state index in [2.05, 4.69) is 37.6 Å². The van der Waals surface area contributed by atoms with Gasteiger partial charge >= 0.3 is 0 Å². The first-order valence-corrected chi connectivity index (χ1v) is 6.33. The van der Waals surface area contributed by atoms with Crippen LogP contribution in [0.5, 0.6) is 0 Å². The molecule has 0 saturated carbocycles. The van der Waals surface area contributed by atoms with Crippen LogP contribution in [0.2, 0.25) is 0 Å². The molecule has 0 aromatic carbocycles. The fourth-order valence-corrected chi connectivity index (χ4v) is 1.84. The van der Waals surface area contributed by atoms with Gasteiger partial charge < -0.3 is 10.0 Å². The number of hydrogen-bond acceptors (Lipinski definition) is 3. The number of nitrogens with zero attached hydrogens (tertiary/aromatic N) is 2. The molecule has 0 aliphatic rings. The Morgan fingerprint density at radius 2 is 1.71 bits per heavy atom. The highest BCUT2D eigenvalue weighted by Gasteiger charge is 2.11. The van der Waals surface area contributed by atoms with Gasteiger partial charge in [-0.25, -0.2) is 4.98 Å². The van der Waals surface area contributed by atoms with Crippen LogP contribution in [0.15, 0.2) is 18.3 Å². The van der Waals surface area contributed by atoms with Crippen molar-refractivity contribution in [3.05, 3.63) is 23.9 Å². The maximum atomic E-state index is 9.00. The highest BCUT2D eigenvalue weighted by Crippen LogP contribution is 2.15. The third kappa shape index (κ3) is 4.73. The van der Waals surface area contributed by atoms with Crippen molar-refractivity contribution in [1.82, 2.24) is 4.98 Å². The summed E-state index contributed by atoms with van der Waals surface area (Å²) in [5.74, 6) is 2.24. The number of anilines is 1. The first kappa shape index (κ1) is 14.0. The lowest BCUT2D eigenvalue weighted by Gasteiger charge is -2.27. The molecular formula is C14H24N2O. The molecule has 0 radical (unpaired) electrons. The zero-order chi connectivity index (χ0) is 12.8. The van der Waals surface area contributed by atoms with E-state index in [0.29, 0.717) is 11.8 Å². The molecule has 1 aromatic rings. The van der Waals surface area contributed by atoms with Crippen molar-refractivity contribution >= 4 is 5.82 Å². The summed E-state index contributed by atoms with van der Waals surface area (Å²) in [6.45, 7) is 11.0. The molecule has 0 aliphatic heterocycles. The molecule has 96 valence electrons. The highest BCUT2D eigenvalue weighted by atomic mass is 16.3. The summed E-state index contributed by atoms with van der Waals surface area (Å²) in [7, 11) is 0. The summed E-state index contributed by atoms with van der Waals surface area (Å²) in [5, 5.41) is 9.00. The van der Waals surface area contributed by atoms with Gasteiger partial charge in [-0.15, -0.1) is 0 Å². The van der Waals surface area contributed by atoms with Crippen LogP contribution in [0.25, 0.3) is 0 Å². The number of aliphatic hydroxyl groups excluding tert-OH is 1. The number of hydrogen-bond donors (Lipinski definition) is 1. The molecule has 0 fully saturated rings. The van der Waals surface area contributed by atoms with Gasteiger partial charge in [-0.2, -0.15) is 0 Å². The van der Waals surface area contributed by atoms with Gasteiger partial charge in [-0.3, -0.25) is 0 Å². The second-order valence-corrected chi connectivity index (χ2v) is 5.38. The Kier molecular flexibility index (Phi) is 5.42. The minimum Gasteiger partial charge on any atom is -0.392 e. The van der Waals surface area contributed by atoms with Crippen molar-refractivity contribution in [3.8, 4) is 0 Å². The van der Waals surface area contributed by atoms with Crippen LogP contribution >= 0.6 is 0 Å². The van der Waals surface area contributed by atoms with Gasteiger partial charge in [-0.05, 0) is 23.5 Å². The van der Waals surface area contributed by atoms with Gasteiger partial charge in [0.05, 0.1) is 6.61 Å². The van der Waals surface area contributed by atoms with Crippen molar-refractivity contribution in [1.29, 1.82) is 0 Å². The largest absolute Gasteiger partial charge is 0.392 e. The Labute approximate surface area is 104 Å². The van der Waals surface area contributed by atoms with Gasteiger partial charge in [-0.1, -0.05) is 33.8 Å². The van der Waals surface area contributed by atoms with Crippen LogP contribution in [0, 0.1) is 11.8 Å². The summed E-state index contributed by atoms with van der Waals surface area (Å²) < 4.78 is 0. The maximum Gasteiger partial charge on any atom is 0.128 e. The van der Waals surface area contributed by atoms with E-state index in [1.165, 1.54) is 0 Å². The Balaban J connectivity index is 2.79. The average molecular weight is 236 g/mol. The Bertz CT molecular complexity index is 309. The number of aromatic nitrogens is 1. The molecule has 0 aliphatic carbocycles. The molecule has 0 unspecified atom stereocenters. The third-order valence-corrected chi connectivity index (χ3v) is 2.49. The monoisotopic (exact) mass is 236 g/mol. The van der Waals surface area contributed by atoms with Gasteiger partial charge in [0, 0.05) is 19.3 Å². The smallest absolute Gasteiger partial charge is 0.128 e. The quantitative estimate of drug-likeness (QED) is 0.825. The van der Waals surface area contributed by atoms with Crippen LogP contribution < -0.4 is 4.90 Å². The predicted octanol–water partition coefficient (Wildman–Crippen LogP) is 2.69. The minimum absolute atomic E-state index is 0.0572. The third-order valence-electron chi connectivity index (χ3n) is 2.49. The fraction of sp³-hybridized carbons (Fsp3) is 0.643. The molecule has 17 heavy (non-hydrogen) atoms. The standard InChI is InChI=1S/C14H24N2O/c1-11(2)8-16(9-12(3)4)14-6-5-13(10-17)7-15-14/h5-7,11-12,17H,8-10H2,1-4H3. The second kappa shape index (κ2) is 6.60. The lowest BCUT2D eigenvalue weighted by Crippen LogP contribution is -2.31. The van der Waals surface area contributed by atoms with E-state index >= 15 is 0 Å². The van der Waals surface area contributed by atoms with E-state index in [4.69, 9.17) is 5.11 Å². The molecule has 0 spiro atoms. The normalized spacial score (nSPS) is 11.2. The van der Waals surface area contributed by atoms with Gasteiger partial charge in [0.2, 0.25) is 0 Å². The summed E-state index contributed by atoms with van der Waals surface area (Å²) in [5.41, 5.74) is 0.864. The molecule has 3 heteroatoms. The highest BCUT2D eigenvalue weighted by molar-refractivity contribution is 5.39. The number of pyridine rings is 1. The van der Waals surface area contributed by atoms with Crippen molar-refractivity contribution in [3.63, 3.8) is 0 Å². The zero-order valence-electron chi connectivity index (χ0n) is 11.3. The van der Waals surface area contributed by atoms with E-state index in [9.17, 15) is 0 Å². The number of rotatable bonds is 6. The SMILES string of the molecule is CC(C)CN(CC(C)C)c1ccc(CO)cn1.